The van der Waals surface area contributed by atoms with E-state index < -0.39 is 5.60 Å². The maximum absolute atomic E-state index is 12.9. The summed E-state index contributed by atoms with van der Waals surface area (Å²) in [4.78, 5) is 19.4. The summed E-state index contributed by atoms with van der Waals surface area (Å²) in [6, 6.07) is 10.3. The number of amides is 1. The molecule has 4 rings (SSSR count). The molecule has 168 valence electrons. The number of benzene rings is 1. The Morgan fingerprint density at radius 3 is 2.61 bits per heavy atom. The number of ether oxygens (including phenoxy) is 1. The van der Waals surface area contributed by atoms with Crippen LogP contribution in [0.15, 0.2) is 34.9 Å². The molecule has 1 saturated carbocycles. The zero-order chi connectivity index (χ0) is 21.8. The van der Waals surface area contributed by atoms with Crippen LogP contribution in [0.4, 0.5) is 4.79 Å². The van der Waals surface area contributed by atoms with E-state index in [4.69, 9.17) is 9.26 Å². The van der Waals surface area contributed by atoms with Crippen LogP contribution in [-0.4, -0.2) is 33.3 Å². The molecule has 1 aliphatic carbocycles. The zero-order valence-corrected chi connectivity index (χ0v) is 19.0. The van der Waals surface area contributed by atoms with E-state index in [9.17, 15) is 4.79 Å². The van der Waals surface area contributed by atoms with Gasteiger partial charge in [-0.3, -0.25) is 4.90 Å². The normalized spacial score (nSPS) is 21.8. The molecular formula is C25H35N3O3. The first-order chi connectivity index (χ1) is 14.9. The molecule has 6 nitrogen and oxygen atoms in total. The highest BCUT2D eigenvalue weighted by Gasteiger charge is 2.42. The molecule has 2 heterocycles. The third-order valence-electron chi connectivity index (χ3n) is 6.38. The molecule has 0 spiro atoms. The molecule has 2 aromatic rings. The van der Waals surface area contributed by atoms with E-state index in [1.165, 1.54) is 31.2 Å². The van der Waals surface area contributed by atoms with Crippen LogP contribution in [0.25, 0.3) is 0 Å². The molecule has 1 aromatic carbocycles. The van der Waals surface area contributed by atoms with Crippen molar-refractivity contribution in [2.24, 2.45) is 11.8 Å². The van der Waals surface area contributed by atoms with Crippen molar-refractivity contribution < 1.29 is 14.1 Å². The number of hydrogen-bond acceptors (Lipinski definition) is 5. The smallest absolute Gasteiger partial charge is 0.410 e. The Bertz CT molecular complexity index is 854. The molecule has 2 atom stereocenters. The minimum absolute atomic E-state index is 0.185. The fourth-order valence-electron chi connectivity index (χ4n) is 4.65. The summed E-state index contributed by atoms with van der Waals surface area (Å²) < 4.78 is 11.3. The monoisotopic (exact) mass is 425 g/mol. The highest BCUT2D eigenvalue weighted by Crippen LogP contribution is 2.42. The standard InChI is InChI=1S/C25H35N3O3/c1-25(2,3)30-24(29)28-17-20(15-19-12-7-13-19)16-21(28)23-26-22(27-31-23)14-8-11-18-9-5-4-6-10-18/h4-6,9-10,19-21H,7-8,11-17H2,1-3H3. The SMILES string of the molecule is CC(C)(C)OC(=O)N1CC(CC2CCC2)CC1c1nc(CCCc2ccccc2)no1. The lowest BCUT2D eigenvalue weighted by atomic mass is 9.78. The number of aromatic nitrogens is 2. The van der Waals surface area contributed by atoms with E-state index in [0.717, 1.165) is 37.4 Å². The van der Waals surface area contributed by atoms with Crippen LogP contribution in [-0.2, 0) is 17.6 Å². The van der Waals surface area contributed by atoms with Crippen molar-refractivity contribution >= 4 is 6.09 Å². The predicted molar refractivity (Wildman–Crippen MR) is 119 cm³/mol. The lowest BCUT2D eigenvalue weighted by Gasteiger charge is -2.28. The summed E-state index contributed by atoms with van der Waals surface area (Å²) in [5.41, 5.74) is 0.794. The van der Waals surface area contributed by atoms with Gasteiger partial charge in [-0.15, -0.1) is 0 Å². The molecule has 6 heteroatoms. The van der Waals surface area contributed by atoms with Crippen LogP contribution in [0.3, 0.4) is 0 Å². The van der Waals surface area contributed by atoms with Gasteiger partial charge in [-0.1, -0.05) is 54.8 Å². The Kier molecular flexibility index (Phi) is 6.63. The number of hydrogen-bond donors (Lipinski definition) is 0. The first-order valence-electron chi connectivity index (χ1n) is 11.7. The second-order valence-corrected chi connectivity index (χ2v) is 10.2. The molecule has 1 saturated heterocycles. The van der Waals surface area contributed by atoms with E-state index >= 15 is 0 Å². The van der Waals surface area contributed by atoms with Crippen molar-refractivity contribution in [2.45, 2.75) is 83.8 Å². The Balaban J connectivity index is 1.40. The molecule has 31 heavy (non-hydrogen) atoms. The second kappa shape index (κ2) is 9.41. The molecule has 0 radical (unpaired) electrons. The van der Waals surface area contributed by atoms with E-state index in [2.05, 4.69) is 34.4 Å². The van der Waals surface area contributed by atoms with Crippen LogP contribution in [0, 0.1) is 11.8 Å². The van der Waals surface area contributed by atoms with Crippen molar-refractivity contribution in [1.82, 2.24) is 15.0 Å². The number of likely N-dealkylation sites (tertiary alicyclic amines) is 1. The van der Waals surface area contributed by atoms with Gasteiger partial charge in [0.15, 0.2) is 5.82 Å². The maximum Gasteiger partial charge on any atom is 0.410 e. The molecule has 1 aromatic heterocycles. The van der Waals surface area contributed by atoms with E-state index in [-0.39, 0.29) is 12.1 Å². The molecular weight excluding hydrogens is 390 g/mol. The van der Waals surface area contributed by atoms with Crippen molar-refractivity contribution in [2.75, 3.05) is 6.54 Å². The van der Waals surface area contributed by atoms with E-state index in [1.54, 1.807) is 0 Å². The van der Waals surface area contributed by atoms with Gasteiger partial charge in [-0.2, -0.15) is 4.98 Å². The first kappa shape index (κ1) is 21.8. The largest absolute Gasteiger partial charge is 0.444 e. The third-order valence-corrected chi connectivity index (χ3v) is 6.38. The van der Waals surface area contributed by atoms with E-state index in [1.807, 2.05) is 31.7 Å². The lowest BCUT2D eigenvalue weighted by molar-refractivity contribution is 0.0193. The van der Waals surface area contributed by atoms with Crippen molar-refractivity contribution in [3.63, 3.8) is 0 Å². The number of carbonyl (C=O) groups is 1. The quantitative estimate of drug-likeness (QED) is 0.566. The highest BCUT2D eigenvalue weighted by molar-refractivity contribution is 5.69. The van der Waals surface area contributed by atoms with Crippen LogP contribution < -0.4 is 0 Å². The molecule has 0 bridgehead atoms. The predicted octanol–water partition coefficient (Wildman–Crippen LogP) is 5.73. The maximum atomic E-state index is 12.9. The summed E-state index contributed by atoms with van der Waals surface area (Å²) in [6.07, 6.45) is 8.47. The fourth-order valence-corrected chi connectivity index (χ4v) is 4.65. The molecule has 0 N–H and O–H groups in total. The zero-order valence-electron chi connectivity index (χ0n) is 19.0. The molecule has 2 unspecified atom stereocenters. The molecule has 2 aliphatic rings. The highest BCUT2D eigenvalue weighted by atomic mass is 16.6. The minimum Gasteiger partial charge on any atom is -0.444 e. The van der Waals surface area contributed by atoms with Crippen molar-refractivity contribution in [1.29, 1.82) is 0 Å². The first-order valence-corrected chi connectivity index (χ1v) is 11.7. The summed E-state index contributed by atoms with van der Waals surface area (Å²) >= 11 is 0. The van der Waals surface area contributed by atoms with Gasteiger partial charge < -0.3 is 9.26 Å². The molecule has 2 fully saturated rings. The second-order valence-electron chi connectivity index (χ2n) is 10.2. The topological polar surface area (TPSA) is 68.5 Å². The van der Waals surface area contributed by atoms with Gasteiger partial charge in [0.1, 0.15) is 11.6 Å². The van der Waals surface area contributed by atoms with Crippen molar-refractivity contribution in [3.8, 4) is 0 Å². The van der Waals surface area contributed by atoms with Crippen molar-refractivity contribution in [3.05, 3.63) is 47.6 Å². The van der Waals surface area contributed by atoms with Gasteiger partial charge >= 0.3 is 6.09 Å². The van der Waals surface area contributed by atoms with Gasteiger partial charge in [0, 0.05) is 13.0 Å². The molecule has 1 aliphatic heterocycles. The molecule has 1 amide bonds. The summed E-state index contributed by atoms with van der Waals surface area (Å²) in [5.74, 6) is 2.55. The lowest BCUT2D eigenvalue weighted by Crippen LogP contribution is -2.37. The number of nitrogens with zero attached hydrogens (tertiary/aromatic N) is 3. The summed E-state index contributed by atoms with van der Waals surface area (Å²) in [6.45, 7) is 6.42. The Hall–Kier alpha value is -2.37. The van der Waals surface area contributed by atoms with Gasteiger partial charge in [0.05, 0.1) is 0 Å². The summed E-state index contributed by atoms with van der Waals surface area (Å²) in [7, 11) is 0. The van der Waals surface area contributed by atoms with Gasteiger partial charge in [-0.25, -0.2) is 4.79 Å². The summed E-state index contributed by atoms with van der Waals surface area (Å²) in [5, 5.41) is 4.21. The van der Waals surface area contributed by atoms with Gasteiger partial charge in [-0.05, 0) is 63.9 Å². The van der Waals surface area contributed by atoms with Crippen LogP contribution in [0.1, 0.15) is 82.6 Å². The minimum atomic E-state index is -0.523. The van der Waals surface area contributed by atoms with Gasteiger partial charge in [0.25, 0.3) is 0 Å². The van der Waals surface area contributed by atoms with Crippen LogP contribution in [0.2, 0.25) is 0 Å². The Labute approximate surface area is 185 Å². The Morgan fingerprint density at radius 2 is 1.94 bits per heavy atom. The average Bonchev–Trinajstić information content (AvgIpc) is 3.31. The fraction of sp³-hybridized carbons (Fsp3) is 0.640. The van der Waals surface area contributed by atoms with Crippen LogP contribution >= 0.6 is 0 Å². The average molecular weight is 426 g/mol. The number of rotatable bonds is 7. The van der Waals surface area contributed by atoms with E-state index in [0.29, 0.717) is 18.4 Å². The third kappa shape index (κ3) is 5.86. The number of carbonyl (C=O) groups excluding carboxylic acids is 1. The number of aryl methyl sites for hydroxylation is 2. The van der Waals surface area contributed by atoms with Gasteiger partial charge in [0.2, 0.25) is 5.89 Å². The Morgan fingerprint density at radius 1 is 1.16 bits per heavy atom. The van der Waals surface area contributed by atoms with Crippen LogP contribution in [0.5, 0.6) is 0 Å².